The number of amides is 2. The number of hydrogen-bond acceptors (Lipinski definition) is 4. The molecule has 1 unspecified atom stereocenters. The summed E-state index contributed by atoms with van der Waals surface area (Å²) >= 11 is 1.43. The Morgan fingerprint density at radius 3 is 2.88 bits per heavy atom. The standard InChI is InChI=1S/C10H15N3O3S/c1-2-3-8(9(14)15)13-10(16)12-5-7-4-11-6-17-7/h4,6,8H,2-3,5H2,1H3,(H,14,15)(H2,12,13,16). The Hall–Kier alpha value is -1.63. The Kier molecular flexibility index (Phi) is 5.41. The summed E-state index contributed by atoms with van der Waals surface area (Å²) < 4.78 is 0. The summed E-state index contributed by atoms with van der Waals surface area (Å²) in [7, 11) is 0. The Labute approximate surface area is 103 Å². The largest absolute Gasteiger partial charge is 0.480 e. The van der Waals surface area contributed by atoms with Crippen molar-refractivity contribution >= 4 is 23.3 Å². The monoisotopic (exact) mass is 257 g/mol. The third-order valence-corrected chi connectivity index (χ3v) is 2.87. The molecule has 1 aromatic heterocycles. The molecule has 1 heterocycles. The summed E-state index contributed by atoms with van der Waals surface area (Å²) in [5.74, 6) is -1.01. The van der Waals surface area contributed by atoms with E-state index >= 15 is 0 Å². The highest BCUT2D eigenvalue weighted by molar-refractivity contribution is 7.09. The Bertz CT molecular complexity index is 367. The Morgan fingerprint density at radius 1 is 1.59 bits per heavy atom. The second-order valence-electron chi connectivity index (χ2n) is 3.47. The minimum atomic E-state index is -1.01. The number of aliphatic carboxylic acids is 1. The Balaban J connectivity index is 2.34. The summed E-state index contributed by atoms with van der Waals surface area (Å²) in [6.45, 7) is 2.22. The zero-order valence-electron chi connectivity index (χ0n) is 9.47. The highest BCUT2D eigenvalue weighted by Gasteiger charge is 2.18. The first-order valence-corrected chi connectivity index (χ1v) is 6.16. The predicted molar refractivity (Wildman–Crippen MR) is 63.8 cm³/mol. The number of thiazole rings is 1. The molecule has 0 aliphatic carbocycles. The van der Waals surface area contributed by atoms with Crippen LogP contribution in [-0.2, 0) is 11.3 Å². The smallest absolute Gasteiger partial charge is 0.326 e. The first kappa shape index (κ1) is 13.4. The van der Waals surface area contributed by atoms with E-state index in [9.17, 15) is 9.59 Å². The lowest BCUT2D eigenvalue weighted by Crippen LogP contribution is -2.45. The van der Waals surface area contributed by atoms with Crippen molar-refractivity contribution in [3.05, 3.63) is 16.6 Å². The second kappa shape index (κ2) is 6.85. The number of carbonyl (C=O) groups excluding carboxylic acids is 1. The fraction of sp³-hybridized carbons (Fsp3) is 0.500. The topological polar surface area (TPSA) is 91.3 Å². The maximum absolute atomic E-state index is 11.4. The fourth-order valence-corrected chi connectivity index (χ4v) is 1.79. The molecule has 0 saturated heterocycles. The van der Waals surface area contributed by atoms with Crippen LogP contribution in [0, 0.1) is 0 Å². The summed E-state index contributed by atoms with van der Waals surface area (Å²) in [6.07, 6.45) is 2.78. The number of urea groups is 1. The number of nitrogens with one attached hydrogen (secondary N) is 2. The van der Waals surface area contributed by atoms with Crippen molar-refractivity contribution in [3.8, 4) is 0 Å². The van der Waals surface area contributed by atoms with Gasteiger partial charge in [0.05, 0.1) is 12.1 Å². The molecule has 2 amide bonds. The molecule has 0 aliphatic rings. The second-order valence-corrected chi connectivity index (χ2v) is 4.45. The maximum Gasteiger partial charge on any atom is 0.326 e. The molecule has 1 aromatic rings. The first-order chi connectivity index (χ1) is 8.13. The van der Waals surface area contributed by atoms with Crippen LogP contribution in [0.15, 0.2) is 11.7 Å². The number of carboxylic acid groups (broad SMARTS) is 1. The first-order valence-electron chi connectivity index (χ1n) is 5.28. The molecule has 1 atom stereocenters. The quantitative estimate of drug-likeness (QED) is 0.714. The van der Waals surface area contributed by atoms with Gasteiger partial charge in [0, 0.05) is 11.1 Å². The molecule has 1 rings (SSSR count). The molecule has 3 N–H and O–H groups in total. The third kappa shape index (κ3) is 4.81. The van der Waals surface area contributed by atoms with Crippen LogP contribution in [-0.4, -0.2) is 28.1 Å². The van der Waals surface area contributed by atoms with Crippen molar-refractivity contribution in [2.75, 3.05) is 0 Å². The summed E-state index contributed by atoms with van der Waals surface area (Å²) in [4.78, 5) is 27.0. The van der Waals surface area contributed by atoms with Crippen molar-refractivity contribution in [1.82, 2.24) is 15.6 Å². The molecule has 7 heteroatoms. The maximum atomic E-state index is 11.4. The molecule has 0 aromatic carbocycles. The molecular weight excluding hydrogens is 242 g/mol. The van der Waals surface area contributed by atoms with E-state index in [1.54, 1.807) is 11.7 Å². The number of carboxylic acids is 1. The van der Waals surface area contributed by atoms with Gasteiger partial charge in [-0.05, 0) is 6.42 Å². The van der Waals surface area contributed by atoms with Crippen molar-refractivity contribution in [2.45, 2.75) is 32.4 Å². The molecule has 0 aliphatic heterocycles. The lowest BCUT2D eigenvalue weighted by Gasteiger charge is -2.13. The number of rotatable bonds is 6. The summed E-state index contributed by atoms with van der Waals surface area (Å²) in [5.41, 5.74) is 1.67. The minimum Gasteiger partial charge on any atom is -0.480 e. The van der Waals surface area contributed by atoms with Crippen LogP contribution in [0.1, 0.15) is 24.6 Å². The van der Waals surface area contributed by atoms with E-state index in [-0.39, 0.29) is 0 Å². The van der Waals surface area contributed by atoms with E-state index in [0.717, 1.165) is 4.88 Å². The number of nitrogens with zero attached hydrogens (tertiary/aromatic N) is 1. The predicted octanol–water partition coefficient (Wildman–Crippen LogP) is 1.20. The van der Waals surface area contributed by atoms with Crippen LogP contribution in [0.4, 0.5) is 4.79 Å². The average molecular weight is 257 g/mol. The van der Waals surface area contributed by atoms with Gasteiger partial charge in [0.15, 0.2) is 0 Å². The average Bonchev–Trinajstić information content (AvgIpc) is 2.78. The van der Waals surface area contributed by atoms with E-state index in [4.69, 9.17) is 5.11 Å². The van der Waals surface area contributed by atoms with E-state index in [1.165, 1.54) is 11.3 Å². The van der Waals surface area contributed by atoms with Crippen molar-refractivity contribution in [3.63, 3.8) is 0 Å². The van der Waals surface area contributed by atoms with Crippen LogP contribution in [0.2, 0.25) is 0 Å². The van der Waals surface area contributed by atoms with Crippen LogP contribution in [0.3, 0.4) is 0 Å². The van der Waals surface area contributed by atoms with Gasteiger partial charge in [-0.15, -0.1) is 11.3 Å². The summed E-state index contributed by atoms with van der Waals surface area (Å²) in [5, 5.41) is 13.9. The van der Waals surface area contributed by atoms with Crippen LogP contribution in [0.25, 0.3) is 0 Å². The molecule has 6 nitrogen and oxygen atoms in total. The molecule has 17 heavy (non-hydrogen) atoms. The molecule has 0 radical (unpaired) electrons. The molecule has 94 valence electrons. The van der Waals surface area contributed by atoms with Crippen molar-refractivity contribution < 1.29 is 14.7 Å². The van der Waals surface area contributed by atoms with Gasteiger partial charge in [0.1, 0.15) is 6.04 Å². The van der Waals surface area contributed by atoms with Crippen LogP contribution < -0.4 is 10.6 Å². The number of carbonyl (C=O) groups is 2. The highest BCUT2D eigenvalue weighted by Crippen LogP contribution is 2.04. The van der Waals surface area contributed by atoms with E-state index in [0.29, 0.717) is 19.4 Å². The number of hydrogen-bond donors (Lipinski definition) is 3. The minimum absolute atomic E-state index is 0.356. The van der Waals surface area contributed by atoms with E-state index < -0.39 is 18.0 Å². The van der Waals surface area contributed by atoms with Crippen LogP contribution >= 0.6 is 11.3 Å². The van der Waals surface area contributed by atoms with Crippen LogP contribution in [0.5, 0.6) is 0 Å². The van der Waals surface area contributed by atoms with Gasteiger partial charge >= 0.3 is 12.0 Å². The van der Waals surface area contributed by atoms with Gasteiger partial charge in [-0.3, -0.25) is 4.98 Å². The summed E-state index contributed by atoms with van der Waals surface area (Å²) in [6, 6.07) is -1.30. The number of aromatic nitrogens is 1. The molecule has 0 fully saturated rings. The highest BCUT2D eigenvalue weighted by atomic mass is 32.1. The van der Waals surface area contributed by atoms with Crippen molar-refractivity contribution in [2.24, 2.45) is 0 Å². The van der Waals surface area contributed by atoms with Gasteiger partial charge < -0.3 is 15.7 Å². The van der Waals surface area contributed by atoms with Gasteiger partial charge in [0.25, 0.3) is 0 Å². The zero-order chi connectivity index (χ0) is 12.7. The van der Waals surface area contributed by atoms with Gasteiger partial charge in [-0.25, -0.2) is 9.59 Å². The fourth-order valence-electron chi connectivity index (χ4n) is 1.25. The van der Waals surface area contributed by atoms with Gasteiger partial charge in [-0.1, -0.05) is 13.3 Å². The van der Waals surface area contributed by atoms with Gasteiger partial charge in [-0.2, -0.15) is 0 Å². The SMILES string of the molecule is CCCC(NC(=O)NCc1cncs1)C(=O)O. The molecule has 0 spiro atoms. The molecule has 0 saturated carbocycles. The lowest BCUT2D eigenvalue weighted by molar-refractivity contribution is -0.139. The third-order valence-electron chi connectivity index (χ3n) is 2.09. The molecule has 0 bridgehead atoms. The lowest BCUT2D eigenvalue weighted by atomic mass is 10.2. The van der Waals surface area contributed by atoms with E-state index in [1.807, 2.05) is 6.92 Å². The molecular formula is C10H15N3O3S. The van der Waals surface area contributed by atoms with E-state index in [2.05, 4.69) is 15.6 Å². The van der Waals surface area contributed by atoms with Gasteiger partial charge in [0.2, 0.25) is 0 Å². The normalized spacial score (nSPS) is 11.8. The zero-order valence-corrected chi connectivity index (χ0v) is 10.3. The Morgan fingerprint density at radius 2 is 2.35 bits per heavy atom. The van der Waals surface area contributed by atoms with Crippen molar-refractivity contribution in [1.29, 1.82) is 0 Å².